The molecule has 0 aromatic heterocycles. The molecule has 2 aromatic rings. The normalized spacial score (nSPS) is 12.0. The Morgan fingerprint density at radius 2 is 1.38 bits per heavy atom. The van der Waals surface area contributed by atoms with Gasteiger partial charge in [0.05, 0.1) is 12.5 Å². The Balaban J connectivity index is 2.54. The number of rotatable bonds is 4. The van der Waals surface area contributed by atoms with E-state index >= 15 is 0 Å². The van der Waals surface area contributed by atoms with E-state index in [2.05, 4.69) is 0 Å². The number of nitriles is 1. The molecule has 1 nitrogen and oxygen atoms in total. The molecule has 0 aliphatic rings. The van der Waals surface area contributed by atoms with Crippen LogP contribution in [0.5, 0.6) is 0 Å². The Hall–Kier alpha value is -2.35. The van der Waals surface area contributed by atoms with Crippen LogP contribution in [-0.2, 0) is 18.3 Å². The zero-order valence-electron chi connectivity index (χ0n) is 10.9. The summed E-state index contributed by atoms with van der Waals surface area (Å²) in [5.74, 6) is -8.76. The van der Waals surface area contributed by atoms with Crippen LogP contribution in [0.3, 0.4) is 0 Å². The van der Waals surface area contributed by atoms with Gasteiger partial charge in [-0.05, 0) is 5.56 Å². The van der Waals surface area contributed by atoms with Crippen molar-refractivity contribution < 1.29 is 17.6 Å². The minimum atomic E-state index is -4.40. The average Bonchev–Trinajstić information content (AvgIpc) is 2.49. The predicted molar refractivity (Wildman–Crippen MR) is 70.0 cm³/mol. The van der Waals surface area contributed by atoms with Gasteiger partial charge in [-0.3, -0.25) is 0 Å². The highest BCUT2D eigenvalue weighted by Crippen LogP contribution is 2.50. The molecule has 0 atom stereocenters. The molecule has 0 heterocycles. The lowest BCUT2D eigenvalue weighted by atomic mass is 9.92. The Bertz CT molecular complexity index is 659. The van der Waals surface area contributed by atoms with Crippen LogP contribution in [0.2, 0.25) is 0 Å². The third kappa shape index (κ3) is 2.62. The van der Waals surface area contributed by atoms with Crippen LogP contribution in [0.4, 0.5) is 17.6 Å². The van der Waals surface area contributed by atoms with Crippen molar-refractivity contribution in [2.75, 3.05) is 0 Å². The third-order valence-electron chi connectivity index (χ3n) is 3.16. The molecular weight excluding hydrogens is 282 g/mol. The molecule has 0 amide bonds. The van der Waals surface area contributed by atoms with Crippen LogP contribution >= 0.6 is 0 Å². The standard InChI is InChI=1S/C16H11F4N/c17-15(18,13-7-2-1-3-8-13)16(19,20)14-9-5-4-6-12(14)10-11-21/h1-9H,10H2. The lowest BCUT2D eigenvalue weighted by Gasteiger charge is -2.28. The van der Waals surface area contributed by atoms with E-state index in [9.17, 15) is 17.6 Å². The van der Waals surface area contributed by atoms with Crippen molar-refractivity contribution in [2.24, 2.45) is 0 Å². The van der Waals surface area contributed by atoms with Crippen molar-refractivity contribution in [3.63, 3.8) is 0 Å². The first-order valence-corrected chi connectivity index (χ1v) is 6.17. The predicted octanol–water partition coefficient (Wildman–Crippen LogP) is 4.64. The maximum atomic E-state index is 14.3. The largest absolute Gasteiger partial charge is 0.340 e. The summed E-state index contributed by atoms with van der Waals surface area (Å²) >= 11 is 0. The Morgan fingerprint density at radius 1 is 0.810 bits per heavy atom. The fraction of sp³-hybridized carbons (Fsp3) is 0.188. The highest BCUT2D eigenvalue weighted by atomic mass is 19.3. The van der Waals surface area contributed by atoms with Gasteiger partial charge in [-0.15, -0.1) is 0 Å². The second-order valence-corrected chi connectivity index (χ2v) is 4.51. The van der Waals surface area contributed by atoms with Crippen LogP contribution < -0.4 is 0 Å². The van der Waals surface area contributed by atoms with Crippen molar-refractivity contribution in [2.45, 2.75) is 18.3 Å². The molecule has 21 heavy (non-hydrogen) atoms. The van der Waals surface area contributed by atoms with Gasteiger partial charge < -0.3 is 0 Å². The van der Waals surface area contributed by atoms with Crippen molar-refractivity contribution in [3.8, 4) is 6.07 Å². The molecule has 2 rings (SSSR count). The summed E-state index contributed by atoms with van der Waals surface area (Å²) in [7, 11) is 0. The smallest absolute Gasteiger partial charge is 0.198 e. The highest BCUT2D eigenvalue weighted by Gasteiger charge is 2.59. The SMILES string of the molecule is N#CCc1ccccc1C(F)(F)C(F)(F)c1ccccc1. The molecular formula is C16H11F4N. The second kappa shape index (κ2) is 5.57. The van der Waals surface area contributed by atoms with E-state index in [1.54, 1.807) is 6.07 Å². The Morgan fingerprint density at radius 3 is 2.00 bits per heavy atom. The summed E-state index contributed by atoms with van der Waals surface area (Å²) in [5, 5.41) is 8.65. The molecule has 0 bridgehead atoms. The van der Waals surface area contributed by atoms with Crippen LogP contribution in [-0.4, -0.2) is 0 Å². The van der Waals surface area contributed by atoms with Crippen LogP contribution in [0.15, 0.2) is 54.6 Å². The van der Waals surface area contributed by atoms with Gasteiger partial charge in [0.2, 0.25) is 0 Å². The monoisotopic (exact) mass is 293 g/mol. The molecule has 0 aliphatic carbocycles. The van der Waals surface area contributed by atoms with Gasteiger partial charge in [-0.2, -0.15) is 22.8 Å². The van der Waals surface area contributed by atoms with Crippen LogP contribution in [0.25, 0.3) is 0 Å². The summed E-state index contributed by atoms with van der Waals surface area (Å²) in [6, 6.07) is 12.5. The fourth-order valence-corrected chi connectivity index (χ4v) is 2.06. The number of halogens is 4. The molecule has 0 N–H and O–H groups in total. The zero-order valence-corrected chi connectivity index (χ0v) is 10.9. The quantitative estimate of drug-likeness (QED) is 0.754. The average molecular weight is 293 g/mol. The molecule has 108 valence electrons. The lowest BCUT2D eigenvalue weighted by molar-refractivity contribution is -0.224. The van der Waals surface area contributed by atoms with Crippen LogP contribution in [0.1, 0.15) is 16.7 Å². The maximum Gasteiger partial charge on any atom is 0.340 e. The van der Waals surface area contributed by atoms with Gasteiger partial charge in [0.15, 0.2) is 0 Å². The second-order valence-electron chi connectivity index (χ2n) is 4.51. The van der Waals surface area contributed by atoms with Crippen molar-refractivity contribution >= 4 is 0 Å². The van der Waals surface area contributed by atoms with Crippen molar-refractivity contribution in [1.29, 1.82) is 5.26 Å². The van der Waals surface area contributed by atoms with Crippen molar-refractivity contribution in [1.82, 2.24) is 0 Å². The summed E-state index contributed by atoms with van der Waals surface area (Å²) in [6.07, 6.45) is -0.351. The lowest BCUT2D eigenvalue weighted by Crippen LogP contribution is -2.36. The van der Waals surface area contributed by atoms with Gasteiger partial charge in [-0.1, -0.05) is 54.6 Å². The number of benzene rings is 2. The summed E-state index contributed by atoms with van der Waals surface area (Å²) in [5.41, 5.74) is -1.68. The molecule has 5 heteroatoms. The topological polar surface area (TPSA) is 23.8 Å². The summed E-state index contributed by atoms with van der Waals surface area (Å²) in [6.45, 7) is 0. The van der Waals surface area contributed by atoms with Gasteiger partial charge in [0, 0.05) is 11.1 Å². The van der Waals surface area contributed by atoms with E-state index in [0.29, 0.717) is 0 Å². The zero-order chi connectivity index (χ0) is 15.5. The number of hydrogen-bond acceptors (Lipinski definition) is 1. The minimum absolute atomic E-state index is 0.0967. The summed E-state index contributed by atoms with van der Waals surface area (Å²) < 4.78 is 57.1. The molecule has 0 radical (unpaired) electrons. The molecule has 0 saturated heterocycles. The van der Waals surface area contributed by atoms with Crippen molar-refractivity contribution in [3.05, 3.63) is 71.3 Å². The van der Waals surface area contributed by atoms with Gasteiger partial charge in [0.1, 0.15) is 0 Å². The molecule has 2 aromatic carbocycles. The molecule has 0 fully saturated rings. The van der Waals surface area contributed by atoms with Gasteiger partial charge in [-0.25, -0.2) is 0 Å². The first-order valence-electron chi connectivity index (χ1n) is 6.17. The molecule has 0 unspecified atom stereocenters. The summed E-state index contributed by atoms with van der Waals surface area (Å²) in [4.78, 5) is 0. The molecule has 0 saturated carbocycles. The Labute approximate surface area is 119 Å². The van der Waals surface area contributed by atoms with Gasteiger partial charge in [0.25, 0.3) is 0 Å². The molecule has 0 aliphatic heterocycles. The van der Waals surface area contributed by atoms with E-state index in [0.717, 1.165) is 18.2 Å². The fourth-order valence-electron chi connectivity index (χ4n) is 2.06. The van der Waals surface area contributed by atoms with E-state index in [1.807, 2.05) is 0 Å². The number of alkyl halides is 4. The molecule has 0 spiro atoms. The van der Waals surface area contributed by atoms with E-state index in [4.69, 9.17) is 5.26 Å². The first kappa shape index (κ1) is 15.0. The Kier molecular flexibility index (Phi) is 3.99. The highest BCUT2D eigenvalue weighted by molar-refractivity contribution is 5.37. The first-order chi connectivity index (χ1) is 9.91. The van der Waals surface area contributed by atoms with Gasteiger partial charge >= 0.3 is 11.8 Å². The number of nitrogens with zero attached hydrogens (tertiary/aromatic N) is 1. The van der Waals surface area contributed by atoms with Crippen LogP contribution in [0, 0.1) is 11.3 Å². The van der Waals surface area contributed by atoms with E-state index < -0.39 is 23.0 Å². The third-order valence-corrected chi connectivity index (χ3v) is 3.16. The minimum Gasteiger partial charge on any atom is -0.198 e. The van der Waals surface area contributed by atoms with E-state index in [1.165, 1.54) is 36.4 Å². The number of hydrogen-bond donors (Lipinski definition) is 0. The van der Waals surface area contributed by atoms with E-state index in [-0.39, 0.29) is 12.0 Å². The maximum absolute atomic E-state index is 14.3.